The summed E-state index contributed by atoms with van der Waals surface area (Å²) in [6, 6.07) is 5.25. The van der Waals surface area contributed by atoms with Crippen molar-refractivity contribution in [2.24, 2.45) is 0 Å². The number of fused-ring (bicyclic) bond motifs is 1. The second kappa shape index (κ2) is 6.87. The first-order valence-corrected chi connectivity index (χ1v) is 6.70. The summed E-state index contributed by atoms with van der Waals surface area (Å²) in [6.07, 6.45) is -4.44. The van der Waals surface area contributed by atoms with Crippen LogP contribution in [-0.2, 0) is 16.1 Å². The molecule has 0 fully saturated rings. The SMILES string of the molecule is CCN(Cc1ccc2c(c1)OCO2)C(=O)COCC(F)(F)F. The van der Waals surface area contributed by atoms with Crippen molar-refractivity contribution in [1.82, 2.24) is 4.90 Å². The zero-order chi connectivity index (χ0) is 16.2. The molecule has 2 rings (SSSR count). The Bertz CT molecular complexity index is 533. The first-order chi connectivity index (χ1) is 10.4. The van der Waals surface area contributed by atoms with Crippen LogP contribution >= 0.6 is 0 Å². The summed E-state index contributed by atoms with van der Waals surface area (Å²) in [7, 11) is 0. The Morgan fingerprint density at radius 2 is 2.05 bits per heavy atom. The second-order valence-electron chi connectivity index (χ2n) is 4.70. The number of ether oxygens (including phenoxy) is 3. The van der Waals surface area contributed by atoms with Crippen LogP contribution in [0, 0.1) is 0 Å². The number of alkyl halides is 3. The number of carbonyl (C=O) groups is 1. The molecule has 0 bridgehead atoms. The average molecular weight is 319 g/mol. The van der Waals surface area contributed by atoms with Gasteiger partial charge in [-0.3, -0.25) is 4.79 Å². The van der Waals surface area contributed by atoms with Crippen LogP contribution in [0.4, 0.5) is 13.2 Å². The second-order valence-corrected chi connectivity index (χ2v) is 4.70. The molecule has 0 atom stereocenters. The molecule has 0 aliphatic carbocycles. The van der Waals surface area contributed by atoms with Crippen LogP contribution in [0.25, 0.3) is 0 Å². The highest BCUT2D eigenvalue weighted by atomic mass is 19.4. The quantitative estimate of drug-likeness (QED) is 0.807. The van der Waals surface area contributed by atoms with E-state index in [9.17, 15) is 18.0 Å². The average Bonchev–Trinajstić information content (AvgIpc) is 2.90. The molecular formula is C14H16F3NO4. The van der Waals surface area contributed by atoms with Crippen molar-refractivity contribution in [1.29, 1.82) is 0 Å². The van der Waals surface area contributed by atoms with Crippen LogP contribution in [0.2, 0.25) is 0 Å². The predicted molar refractivity (Wildman–Crippen MR) is 70.5 cm³/mol. The van der Waals surface area contributed by atoms with Crippen molar-refractivity contribution in [2.45, 2.75) is 19.6 Å². The molecule has 0 unspecified atom stereocenters. The first kappa shape index (κ1) is 16.4. The first-order valence-electron chi connectivity index (χ1n) is 6.70. The highest BCUT2D eigenvalue weighted by Gasteiger charge is 2.28. The van der Waals surface area contributed by atoms with E-state index in [0.717, 1.165) is 5.56 Å². The lowest BCUT2D eigenvalue weighted by molar-refractivity contribution is -0.177. The molecule has 122 valence electrons. The summed E-state index contributed by atoms with van der Waals surface area (Å²) < 4.78 is 50.8. The van der Waals surface area contributed by atoms with Crippen molar-refractivity contribution in [2.75, 3.05) is 26.6 Å². The lowest BCUT2D eigenvalue weighted by atomic mass is 10.2. The van der Waals surface area contributed by atoms with Crippen molar-refractivity contribution in [3.8, 4) is 11.5 Å². The Morgan fingerprint density at radius 1 is 1.32 bits per heavy atom. The maximum Gasteiger partial charge on any atom is 0.411 e. The van der Waals surface area contributed by atoms with Crippen LogP contribution < -0.4 is 9.47 Å². The Labute approximate surface area is 125 Å². The molecule has 22 heavy (non-hydrogen) atoms. The van der Waals surface area contributed by atoms with Crippen LogP contribution in [0.15, 0.2) is 18.2 Å². The minimum Gasteiger partial charge on any atom is -0.454 e. The Hall–Kier alpha value is -1.96. The van der Waals surface area contributed by atoms with E-state index in [1.807, 2.05) is 0 Å². The lowest BCUT2D eigenvalue weighted by Crippen LogP contribution is -2.34. The summed E-state index contributed by atoms with van der Waals surface area (Å²) in [5.74, 6) is 0.727. The number of hydrogen-bond donors (Lipinski definition) is 0. The minimum absolute atomic E-state index is 0.153. The van der Waals surface area contributed by atoms with E-state index < -0.39 is 25.3 Å². The largest absolute Gasteiger partial charge is 0.454 e. The van der Waals surface area contributed by atoms with Crippen molar-refractivity contribution < 1.29 is 32.2 Å². The van der Waals surface area contributed by atoms with Gasteiger partial charge in [-0.2, -0.15) is 13.2 Å². The molecule has 1 aliphatic rings. The number of nitrogens with zero attached hydrogens (tertiary/aromatic N) is 1. The highest BCUT2D eigenvalue weighted by molar-refractivity contribution is 5.77. The third kappa shape index (κ3) is 4.52. The van der Waals surface area contributed by atoms with Gasteiger partial charge in [-0.25, -0.2) is 0 Å². The van der Waals surface area contributed by atoms with E-state index in [1.54, 1.807) is 25.1 Å². The maximum atomic E-state index is 12.0. The maximum absolute atomic E-state index is 12.0. The molecule has 8 heteroatoms. The lowest BCUT2D eigenvalue weighted by Gasteiger charge is -2.21. The standard InChI is InChI=1S/C14H16F3NO4/c1-2-18(13(19)7-20-8-14(15,16)17)6-10-3-4-11-12(5-10)22-9-21-11/h3-5H,2,6-9H2,1H3. The van der Waals surface area contributed by atoms with E-state index in [1.165, 1.54) is 4.90 Å². The number of rotatable bonds is 6. The van der Waals surface area contributed by atoms with Gasteiger partial charge in [0.25, 0.3) is 0 Å². The van der Waals surface area contributed by atoms with Gasteiger partial charge in [0, 0.05) is 13.1 Å². The topological polar surface area (TPSA) is 48.0 Å². The summed E-state index contributed by atoms with van der Waals surface area (Å²) in [5.41, 5.74) is 0.801. The van der Waals surface area contributed by atoms with Crippen LogP contribution in [0.5, 0.6) is 11.5 Å². The van der Waals surface area contributed by atoms with Gasteiger partial charge in [0.2, 0.25) is 12.7 Å². The molecule has 1 aliphatic heterocycles. The molecule has 0 radical (unpaired) electrons. The fourth-order valence-corrected chi connectivity index (χ4v) is 1.98. The number of halogens is 3. The van der Waals surface area contributed by atoms with Crippen molar-refractivity contribution in [3.05, 3.63) is 23.8 Å². The molecule has 0 spiro atoms. The van der Waals surface area contributed by atoms with E-state index in [0.29, 0.717) is 18.0 Å². The summed E-state index contributed by atoms with van der Waals surface area (Å²) >= 11 is 0. The van der Waals surface area contributed by atoms with Crippen molar-refractivity contribution >= 4 is 5.91 Å². The molecule has 1 amide bonds. The van der Waals surface area contributed by atoms with Gasteiger partial charge < -0.3 is 19.1 Å². The van der Waals surface area contributed by atoms with Crippen LogP contribution in [0.3, 0.4) is 0 Å². The summed E-state index contributed by atoms with van der Waals surface area (Å²) in [5, 5.41) is 0. The van der Waals surface area contributed by atoms with Gasteiger partial charge in [0.05, 0.1) is 0 Å². The van der Waals surface area contributed by atoms with Crippen LogP contribution in [-0.4, -0.2) is 43.5 Å². The smallest absolute Gasteiger partial charge is 0.411 e. The van der Waals surface area contributed by atoms with Crippen molar-refractivity contribution in [3.63, 3.8) is 0 Å². The zero-order valence-corrected chi connectivity index (χ0v) is 12.0. The molecule has 0 saturated carbocycles. The van der Waals surface area contributed by atoms with E-state index in [2.05, 4.69) is 4.74 Å². The van der Waals surface area contributed by atoms with Gasteiger partial charge in [-0.05, 0) is 24.6 Å². The predicted octanol–water partition coefficient (Wildman–Crippen LogP) is 2.34. The molecule has 0 N–H and O–H groups in total. The fraction of sp³-hybridized carbons (Fsp3) is 0.500. The molecule has 1 aromatic carbocycles. The Balaban J connectivity index is 1.90. The number of likely N-dealkylation sites (N-methyl/N-ethyl adjacent to an activating group) is 1. The van der Waals surface area contributed by atoms with E-state index in [4.69, 9.17) is 9.47 Å². The highest BCUT2D eigenvalue weighted by Crippen LogP contribution is 2.32. The molecule has 1 heterocycles. The number of hydrogen-bond acceptors (Lipinski definition) is 4. The number of carbonyl (C=O) groups excluding carboxylic acids is 1. The van der Waals surface area contributed by atoms with Gasteiger partial charge in [-0.15, -0.1) is 0 Å². The fourth-order valence-electron chi connectivity index (χ4n) is 1.98. The molecule has 5 nitrogen and oxygen atoms in total. The normalized spacial score (nSPS) is 13.3. The zero-order valence-electron chi connectivity index (χ0n) is 12.0. The molecule has 0 saturated heterocycles. The van der Waals surface area contributed by atoms with Gasteiger partial charge >= 0.3 is 6.18 Å². The number of amides is 1. The third-order valence-corrected chi connectivity index (χ3v) is 3.04. The van der Waals surface area contributed by atoms with Gasteiger partial charge in [0.1, 0.15) is 13.2 Å². The van der Waals surface area contributed by atoms with Crippen LogP contribution in [0.1, 0.15) is 12.5 Å². The number of benzene rings is 1. The van der Waals surface area contributed by atoms with Gasteiger partial charge in [-0.1, -0.05) is 6.07 Å². The van der Waals surface area contributed by atoms with E-state index in [-0.39, 0.29) is 13.3 Å². The van der Waals surface area contributed by atoms with Gasteiger partial charge in [0.15, 0.2) is 11.5 Å². The Morgan fingerprint density at radius 3 is 2.73 bits per heavy atom. The minimum atomic E-state index is -4.44. The molecule has 1 aromatic rings. The summed E-state index contributed by atoms with van der Waals surface area (Å²) in [4.78, 5) is 13.3. The monoisotopic (exact) mass is 319 g/mol. The summed E-state index contributed by atoms with van der Waals surface area (Å²) in [6.45, 7) is 0.497. The van der Waals surface area contributed by atoms with E-state index >= 15 is 0 Å². The Kier molecular flexibility index (Phi) is 5.12. The molecule has 0 aromatic heterocycles. The third-order valence-electron chi connectivity index (χ3n) is 3.04. The molecular weight excluding hydrogens is 303 g/mol.